The molecular formula is C10H14F2N2. The third-order valence-corrected chi connectivity index (χ3v) is 2.63. The van der Waals surface area contributed by atoms with Crippen LogP contribution in [0.5, 0.6) is 0 Å². The van der Waals surface area contributed by atoms with Gasteiger partial charge >= 0.3 is 0 Å². The average Bonchev–Trinajstić information content (AvgIpc) is 2.51. The summed E-state index contributed by atoms with van der Waals surface area (Å²) in [5.41, 5.74) is 0.520. The first-order chi connectivity index (χ1) is 6.32. The number of aryl methyl sites for hydroxylation is 1. The average molecular weight is 200 g/mol. The molecule has 1 aliphatic heterocycles. The van der Waals surface area contributed by atoms with Crippen LogP contribution < -0.4 is 0 Å². The van der Waals surface area contributed by atoms with Crippen LogP contribution in [0.25, 0.3) is 0 Å². The quantitative estimate of drug-likeness (QED) is 0.629. The van der Waals surface area contributed by atoms with E-state index in [-0.39, 0.29) is 17.5 Å². The zero-order chi connectivity index (χ0) is 10.6. The molecule has 0 radical (unpaired) electrons. The maximum atomic E-state index is 13.5. The fraction of sp³-hybridized carbons (Fsp3) is 0.700. The molecule has 0 saturated carbocycles. The second kappa shape index (κ2) is 2.55. The van der Waals surface area contributed by atoms with E-state index < -0.39 is 5.92 Å². The fourth-order valence-corrected chi connectivity index (χ4v) is 1.85. The molecule has 1 aliphatic rings. The highest BCUT2D eigenvalue weighted by molar-refractivity contribution is 5.31. The maximum absolute atomic E-state index is 13.5. The molecule has 0 unspecified atom stereocenters. The standard InChI is InChI=1S/C10H14F2N2/c1-9(2,3)7-6-13-14-5-4-10(11,12)8(7)14/h6H,4-5H2,1-3H3. The molecule has 0 bridgehead atoms. The number of hydrogen-bond acceptors (Lipinski definition) is 1. The van der Waals surface area contributed by atoms with Crippen LogP contribution in [-0.4, -0.2) is 9.78 Å². The van der Waals surface area contributed by atoms with Crippen LogP contribution in [0.1, 0.15) is 38.4 Å². The monoisotopic (exact) mass is 200 g/mol. The van der Waals surface area contributed by atoms with Crippen molar-refractivity contribution in [2.75, 3.05) is 0 Å². The highest BCUT2D eigenvalue weighted by Gasteiger charge is 2.44. The SMILES string of the molecule is CC(C)(C)c1cnn2c1C(F)(F)CC2. The van der Waals surface area contributed by atoms with E-state index in [1.54, 1.807) is 6.20 Å². The van der Waals surface area contributed by atoms with E-state index >= 15 is 0 Å². The van der Waals surface area contributed by atoms with Crippen molar-refractivity contribution in [2.24, 2.45) is 0 Å². The Bertz CT molecular complexity index is 361. The number of rotatable bonds is 0. The molecule has 2 nitrogen and oxygen atoms in total. The van der Waals surface area contributed by atoms with Crippen LogP contribution in [0, 0.1) is 0 Å². The fourth-order valence-electron chi connectivity index (χ4n) is 1.85. The van der Waals surface area contributed by atoms with Gasteiger partial charge in [-0.15, -0.1) is 0 Å². The Hall–Kier alpha value is -0.930. The van der Waals surface area contributed by atoms with Crippen molar-refractivity contribution in [1.82, 2.24) is 9.78 Å². The lowest BCUT2D eigenvalue weighted by atomic mass is 9.86. The molecule has 0 fully saturated rings. The van der Waals surface area contributed by atoms with Gasteiger partial charge < -0.3 is 0 Å². The minimum absolute atomic E-state index is 0.112. The van der Waals surface area contributed by atoms with E-state index in [4.69, 9.17) is 0 Å². The first kappa shape index (κ1) is 9.62. The largest absolute Gasteiger partial charge is 0.291 e. The molecule has 0 amide bonds. The Morgan fingerprint density at radius 3 is 2.64 bits per heavy atom. The zero-order valence-electron chi connectivity index (χ0n) is 8.64. The van der Waals surface area contributed by atoms with Crippen LogP contribution in [0.4, 0.5) is 8.78 Å². The molecule has 0 saturated heterocycles. The Kier molecular flexibility index (Phi) is 1.75. The lowest BCUT2D eigenvalue weighted by molar-refractivity contribution is -0.00366. The highest BCUT2D eigenvalue weighted by atomic mass is 19.3. The Labute approximate surface area is 81.9 Å². The molecule has 0 N–H and O–H groups in total. The van der Waals surface area contributed by atoms with E-state index in [2.05, 4.69) is 5.10 Å². The summed E-state index contributed by atoms with van der Waals surface area (Å²) in [5, 5.41) is 4.00. The molecule has 1 aromatic heterocycles. The molecule has 4 heteroatoms. The van der Waals surface area contributed by atoms with Gasteiger partial charge in [-0.05, 0) is 5.41 Å². The van der Waals surface area contributed by atoms with Crippen LogP contribution in [0.15, 0.2) is 6.20 Å². The lowest BCUT2D eigenvalue weighted by Crippen LogP contribution is -2.19. The normalized spacial score (nSPS) is 19.8. The predicted molar refractivity (Wildman–Crippen MR) is 49.4 cm³/mol. The third-order valence-electron chi connectivity index (χ3n) is 2.63. The van der Waals surface area contributed by atoms with E-state index in [1.165, 1.54) is 4.68 Å². The molecular weight excluding hydrogens is 186 g/mol. The summed E-state index contributed by atoms with van der Waals surface area (Å²) >= 11 is 0. The number of fused-ring (bicyclic) bond motifs is 1. The number of aromatic nitrogens is 2. The van der Waals surface area contributed by atoms with Gasteiger partial charge in [-0.3, -0.25) is 4.68 Å². The maximum Gasteiger partial charge on any atom is 0.291 e. The van der Waals surface area contributed by atoms with Gasteiger partial charge in [0.15, 0.2) is 0 Å². The summed E-state index contributed by atoms with van der Waals surface area (Å²) in [4.78, 5) is 0. The second-order valence-electron chi connectivity index (χ2n) is 4.83. The van der Waals surface area contributed by atoms with Crippen LogP contribution >= 0.6 is 0 Å². The number of halogens is 2. The van der Waals surface area contributed by atoms with Crippen molar-refractivity contribution >= 4 is 0 Å². The van der Waals surface area contributed by atoms with Crippen LogP contribution in [0.2, 0.25) is 0 Å². The number of alkyl halides is 2. The molecule has 14 heavy (non-hydrogen) atoms. The van der Waals surface area contributed by atoms with Crippen LogP contribution in [-0.2, 0) is 17.9 Å². The van der Waals surface area contributed by atoms with Crippen molar-refractivity contribution in [2.45, 2.75) is 45.1 Å². The van der Waals surface area contributed by atoms with Crippen LogP contribution in [0.3, 0.4) is 0 Å². The Morgan fingerprint density at radius 1 is 1.43 bits per heavy atom. The Balaban J connectivity index is 2.57. The number of hydrogen-bond donors (Lipinski definition) is 0. The van der Waals surface area contributed by atoms with E-state index in [1.807, 2.05) is 20.8 Å². The van der Waals surface area contributed by atoms with E-state index in [0.29, 0.717) is 12.1 Å². The minimum atomic E-state index is -2.70. The van der Waals surface area contributed by atoms with Gasteiger partial charge in [-0.2, -0.15) is 13.9 Å². The third kappa shape index (κ3) is 1.24. The summed E-state index contributed by atoms with van der Waals surface area (Å²) in [7, 11) is 0. The highest BCUT2D eigenvalue weighted by Crippen LogP contribution is 2.42. The Morgan fingerprint density at radius 2 is 2.07 bits per heavy atom. The zero-order valence-corrected chi connectivity index (χ0v) is 8.64. The molecule has 2 rings (SSSR count). The number of nitrogens with zero attached hydrogens (tertiary/aromatic N) is 2. The van der Waals surface area contributed by atoms with Crippen molar-refractivity contribution in [3.8, 4) is 0 Å². The topological polar surface area (TPSA) is 17.8 Å². The summed E-state index contributed by atoms with van der Waals surface area (Å²) in [6.45, 7) is 6.12. The summed E-state index contributed by atoms with van der Waals surface area (Å²) in [5.74, 6) is -2.70. The molecule has 0 aliphatic carbocycles. The van der Waals surface area contributed by atoms with Crippen molar-refractivity contribution in [1.29, 1.82) is 0 Å². The van der Waals surface area contributed by atoms with Gasteiger partial charge in [0.1, 0.15) is 5.69 Å². The molecule has 2 heterocycles. The van der Waals surface area contributed by atoms with Gasteiger partial charge in [0, 0.05) is 18.5 Å². The second-order valence-corrected chi connectivity index (χ2v) is 4.83. The van der Waals surface area contributed by atoms with Crippen molar-refractivity contribution < 1.29 is 8.78 Å². The van der Waals surface area contributed by atoms with Gasteiger partial charge in [0.2, 0.25) is 0 Å². The molecule has 0 aromatic carbocycles. The minimum Gasteiger partial charge on any atom is -0.263 e. The van der Waals surface area contributed by atoms with Gasteiger partial charge in [0.25, 0.3) is 5.92 Å². The van der Waals surface area contributed by atoms with E-state index in [9.17, 15) is 8.78 Å². The van der Waals surface area contributed by atoms with Gasteiger partial charge in [0.05, 0.1) is 6.20 Å². The summed E-state index contributed by atoms with van der Waals surface area (Å²) in [6, 6.07) is 0. The van der Waals surface area contributed by atoms with Crippen molar-refractivity contribution in [3.05, 3.63) is 17.5 Å². The summed E-state index contributed by atoms with van der Waals surface area (Å²) in [6.07, 6.45) is 1.46. The lowest BCUT2D eigenvalue weighted by Gasteiger charge is -2.20. The first-order valence-corrected chi connectivity index (χ1v) is 4.77. The summed E-state index contributed by atoms with van der Waals surface area (Å²) < 4.78 is 28.4. The smallest absolute Gasteiger partial charge is 0.263 e. The molecule has 78 valence electrons. The van der Waals surface area contributed by atoms with Gasteiger partial charge in [-0.25, -0.2) is 0 Å². The van der Waals surface area contributed by atoms with Gasteiger partial charge in [-0.1, -0.05) is 20.8 Å². The molecule has 0 spiro atoms. The predicted octanol–water partition coefficient (Wildman–Crippen LogP) is 2.68. The molecule has 0 atom stereocenters. The van der Waals surface area contributed by atoms with E-state index in [0.717, 1.165) is 0 Å². The van der Waals surface area contributed by atoms with Crippen molar-refractivity contribution in [3.63, 3.8) is 0 Å². The molecule has 1 aromatic rings. The first-order valence-electron chi connectivity index (χ1n) is 4.77.